The molecule has 1 aromatic carbocycles. The lowest BCUT2D eigenvalue weighted by atomic mass is 10.0. The van der Waals surface area contributed by atoms with Crippen molar-refractivity contribution >= 4 is 5.97 Å². The van der Waals surface area contributed by atoms with E-state index < -0.39 is 0 Å². The van der Waals surface area contributed by atoms with Gasteiger partial charge in [-0.05, 0) is 37.5 Å². The van der Waals surface area contributed by atoms with Crippen LogP contribution in [-0.2, 0) is 11.2 Å². The summed E-state index contributed by atoms with van der Waals surface area (Å²) in [7, 11) is 4.50. The third-order valence-corrected chi connectivity index (χ3v) is 2.79. The van der Waals surface area contributed by atoms with E-state index in [-0.39, 0.29) is 5.97 Å². The molecule has 0 saturated carbocycles. The predicted molar refractivity (Wildman–Crippen MR) is 74.0 cm³/mol. The molecule has 0 heterocycles. The van der Waals surface area contributed by atoms with Crippen LogP contribution >= 0.6 is 0 Å². The molecular weight excluding hydrogens is 244 g/mol. The molecule has 104 valence electrons. The fourth-order valence-corrected chi connectivity index (χ4v) is 1.87. The van der Waals surface area contributed by atoms with Crippen molar-refractivity contribution in [1.29, 1.82) is 0 Å². The molecule has 0 fully saturated rings. The maximum absolute atomic E-state index is 11.6. The molecule has 4 nitrogen and oxygen atoms in total. The van der Waals surface area contributed by atoms with Crippen molar-refractivity contribution in [2.45, 2.75) is 19.8 Å². The number of rotatable bonds is 6. The molecule has 0 atom stereocenters. The summed E-state index contributed by atoms with van der Waals surface area (Å²) in [6.45, 7) is 1.97. The second kappa shape index (κ2) is 7.46. The molecule has 0 bridgehead atoms. The maximum Gasteiger partial charge on any atom is 0.337 e. The van der Waals surface area contributed by atoms with Gasteiger partial charge >= 0.3 is 5.97 Å². The average molecular weight is 264 g/mol. The first-order valence-corrected chi connectivity index (χ1v) is 6.12. The summed E-state index contributed by atoms with van der Waals surface area (Å²) in [4.78, 5) is 11.6. The van der Waals surface area contributed by atoms with Crippen LogP contribution in [0.4, 0.5) is 0 Å². The van der Waals surface area contributed by atoms with Crippen LogP contribution in [0, 0.1) is 0 Å². The van der Waals surface area contributed by atoms with Gasteiger partial charge in [-0.15, -0.1) is 0 Å². The Hall–Kier alpha value is -1.97. The van der Waals surface area contributed by atoms with Crippen molar-refractivity contribution in [3.8, 4) is 11.5 Å². The molecule has 0 saturated heterocycles. The highest BCUT2D eigenvalue weighted by Gasteiger charge is 2.16. The normalized spacial score (nSPS) is 10.5. The molecule has 0 spiro atoms. The van der Waals surface area contributed by atoms with Crippen LogP contribution in [0.15, 0.2) is 24.3 Å². The first-order valence-electron chi connectivity index (χ1n) is 6.12. The zero-order chi connectivity index (χ0) is 14.3. The van der Waals surface area contributed by atoms with Crippen LogP contribution in [-0.4, -0.2) is 27.3 Å². The summed E-state index contributed by atoms with van der Waals surface area (Å²) < 4.78 is 15.4. The average Bonchev–Trinajstić information content (AvgIpc) is 2.45. The lowest BCUT2D eigenvalue weighted by Crippen LogP contribution is -2.05. The lowest BCUT2D eigenvalue weighted by molar-refractivity contribution is 0.0600. The Morgan fingerprint density at radius 1 is 1.21 bits per heavy atom. The van der Waals surface area contributed by atoms with E-state index in [1.54, 1.807) is 26.4 Å². The van der Waals surface area contributed by atoms with Gasteiger partial charge in [0.15, 0.2) is 11.5 Å². The maximum atomic E-state index is 11.6. The number of ether oxygens (including phenoxy) is 3. The monoisotopic (exact) mass is 264 g/mol. The lowest BCUT2D eigenvalue weighted by Gasteiger charge is -2.14. The molecule has 1 aromatic rings. The summed E-state index contributed by atoms with van der Waals surface area (Å²) in [6.07, 6.45) is 5.71. The Labute approximate surface area is 114 Å². The minimum Gasteiger partial charge on any atom is -0.493 e. The van der Waals surface area contributed by atoms with Gasteiger partial charge in [0.1, 0.15) is 0 Å². The van der Waals surface area contributed by atoms with E-state index in [1.165, 1.54) is 7.11 Å². The third-order valence-electron chi connectivity index (χ3n) is 2.79. The molecule has 0 radical (unpaired) electrons. The second-order valence-electron chi connectivity index (χ2n) is 3.97. The Morgan fingerprint density at radius 2 is 1.95 bits per heavy atom. The molecule has 0 aliphatic heterocycles. The Kier molecular flexibility index (Phi) is 5.93. The number of benzene rings is 1. The molecule has 4 heteroatoms. The Morgan fingerprint density at radius 3 is 2.47 bits per heavy atom. The summed E-state index contributed by atoms with van der Waals surface area (Å²) in [5, 5.41) is 0. The standard InChI is InChI=1S/C15H20O4/c1-5-6-7-8-11-9-12(15(16)19-4)10-13(17-2)14(11)18-3/h5-6,9-10H,7-8H2,1-4H3/b6-5+. The van der Waals surface area contributed by atoms with Gasteiger partial charge in [-0.2, -0.15) is 0 Å². The van der Waals surface area contributed by atoms with Gasteiger partial charge in [0.25, 0.3) is 0 Å². The van der Waals surface area contributed by atoms with Gasteiger partial charge in [-0.25, -0.2) is 4.79 Å². The highest BCUT2D eigenvalue weighted by molar-refractivity contribution is 5.90. The fourth-order valence-electron chi connectivity index (χ4n) is 1.87. The first kappa shape index (κ1) is 15.1. The minimum atomic E-state index is -0.381. The molecule has 0 unspecified atom stereocenters. The summed E-state index contributed by atoms with van der Waals surface area (Å²) in [6, 6.07) is 3.42. The molecule has 0 amide bonds. The molecule has 0 aliphatic rings. The minimum absolute atomic E-state index is 0.381. The summed E-state index contributed by atoms with van der Waals surface area (Å²) >= 11 is 0. The highest BCUT2D eigenvalue weighted by Crippen LogP contribution is 2.33. The van der Waals surface area contributed by atoms with Crippen molar-refractivity contribution < 1.29 is 19.0 Å². The first-order chi connectivity index (χ1) is 9.17. The van der Waals surface area contributed by atoms with Crippen molar-refractivity contribution in [3.05, 3.63) is 35.4 Å². The molecular formula is C15H20O4. The van der Waals surface area contributed by atoms with Gasteiger partial charge in [0.05, 0.1) is 26.9 Å². The van der Waals surface area contributed by atoms with Crippen LogP contribution in [0.25, 0.3) is 0 Å². The number of carbonyl (C=O) groups is 1. The molecule has 0 N–H and O–H groups in total. The largest absolute Gasteiger partial charge is 0.493 e. The number of carbonyl (C=O) groups excluding carboxylic acids is 1. The number of esters is 1. The van der Waals surface area contributed by atoms with Gasteiger partial charge in [-0.1, -0.05) is 12.2 Å². The van der Waals surface area contributed by atoms with Gasteiger partial charge in [0.2, 0.25) is 0 Å². The van der Waals surface area contributed by atoms with Gasteiger partial charge in [0, 0.05) is 0 Å². The number of hydrogen-bond donors (Lipinski definition) is 0. The number of aryl methyl sites for hydroxylation is 1. The van der Waals surface area contributed by atoms with Gasteiger partial charge < -0.3 is 14.2 Å². The molecule has 0 aromatic heterocycles. The van der Waals surface area contributed by atoms with E-state index >= 15 is 0 Å². The molecule has 1 rings (SSSR count). The SMILES string of the molecule is C/C=C/CCc1cc(C(=O)OC)cc(OC)c1OC. The zero-order valence-corrected chi connectivity index (χ0v) is 11.9. The van der Waals surface area contributed by atoms with Crippen molar-refractivity contribution in [1.82, 2.24) is 0 Å². The highest BCUT2D eigenvalue weighted by atomic mass is 16.5. The zero-order valence-electron chi connectivity index (χ0n) is 11.9. The second-order valence-corrected chi connectivity index (χ2v) is 3.97. The fraction of sp³-hybridized carbons (Fsp3) is 0.400. The number of hydrogen-bond acceptors (Lipinski definition) is 4. The summed E-state index contributed by atoms with van der Waals surface area (Å²) in [5.74, 6) is 0.828. The van der Waals surface area contributed by atoms with Crippen molar-refractivity contribution in [2.24, 2.45) is 0 Å². The molecule has 19 heavy (non-hydrogen) atoms. The van der Waals surface area contributed by atoms with Crippen molar-refractivity contribution in [3.63, 3.8) is 0 Å². The van der Waals surface area contributed by atoms with E-state index in [2.05, 4.69) is 6.08 Å². The smallest absolute Gasteiger partial charge is 0.337 e. The number of methoxy groups -OCH3 is 3. The molecule has 0 aliphatic carbocycles. The van der Waals surface area contributed by atoms with E-state index in [4.69, 9.17) is 14.2 Å². The Bertz CT molecular complexity index is 463. The van der Waals surface area contributed by atoms with E-state index in [9.17, 15) is 4.79 Å². The van der Waals surface area contributed by atoms with Crippen LogP contribution < -0.4 is 9.47 Å². The quantitative estimate of drug-likeness (QED) is 0.585. The van der Waals surface area contributed by atoms with E-state index in [0.717, 1.165) is 18.4 Å². The van der Waals surface area contributed by atoms with E-state index in [0.29, 0.717) is 17.1 Å². The predicted octanol–water partition coefficient (Wildman–Crippen LogP) is 3.00. The van der Waals surface area contributed by atoms with Crippen LogP contribution in [0.5, 0.6) is 11.5 Å². The third kappa shape index (κ3) is 3.74. The Balaban J connectivity index is 3.19. The number of allylic oxidation sites excluding steroid dienone is 2. The van der Waals surface area contributed by atoms with Crippen LogP contribution in [0.2, 0.25) is 0 Å². The van der Waals surface area contributed by atoms with Gasteiger partial charge in [-0.3, -0.25) is 0 Å². The van der Waals surface area contributed by atoms with E-state index in [1.807, 2.05) is 13.0 Å². The van der Waals surface area contributed by atoms with Crippen LogP contribution in [0.3, 0.4) is 0 Å². The van der Waals surface area contributed by atoms with Crippen LogP contribution in [0.1, 0.15) is 29.3 Å². The topological polar surface area (TPSA) is 44.8 Å². The summed E-state index contributed by atoms with van der Waals surface area (Å²) in [5.41, 5.74) is 1.40. The van der Waals surface area contributed by atoms with Crippen molar-refractivity contribution in [2.75, 3.05) is 21.3 Å².